The van der Waals surface area contributed by atoms with Crippen LogP contribution >= 0.6 is 0 Å². The highest BCUT2D eigenvalue weighted by molar-refractivity contribution is 7.90. The minimum Gasteiger partial charge on any atom is -0.495 e. The molecule has 1 aliphatic heterocycles. The standard InChI is InChI=1S/C29H33F3N4O5S/c1-40-27-17-22(42(3,38)39)6-7-24(27)33-11-4-5-20-15-25(23-10-14-36(26(23)16-20)19-29(30,31)32)34-21-8-12-35(13-9-21)18-28(37)41-2/h6-7,10,14-17,21,33-34H,8-9,11-13,18-19H2,1-3H3. The summed E-state index contributed by atoms with van der Waals surface area (Å²) in [6.07, 6.45) is -0.348. The molecule has 0 saturated carbocycles. The van der Waals surface area contributed by atoms with E-state index in [0.29, 0.717) is 46.7 Å². The van der Waals surface area contributed by atoms with Gasteiger partial charge in [-0.1, -0.05) is 11.8 Å². The normalized spacial score (nSPS) is 14.7. The molecule has 226 valence electrons. The summed E-state index contributed by atoms with van der Waals surface area (Å²) in [7, 11) is -0.614. The number of nitrogens with one attached hydrogen (secondary N) is 2. The van der Waals surface area contributed by atoms with Crippen molar-refractivity contribution in [3.63, 3.8) is 0 Å². The SMILES string of the molecule is COC(=O)CN1CCC(Nc2cc(C#CCNc3ccc(S(C)(=O)=O)cc3OC)cc3c2ccn3CC(F)(F)F)CC1. The lowest BCUT2D eigenvalue weighted by Crippen LogP contribution is -2.41. The first kappa shape index (κ1) is 31.1. The summed E-state index contributed by atoms with van der Waals surface area (Å²) in [6, 6.07) is 9.68. The van der Waals surface area contributed by atoms with E-state index in [9.17, 15) is 26.4 Å². The molecule has 0 amide bonds. The number of ether oxygens (including phenoxy) is 2. The fraction of sp³-hybridized carbons (Fsp3) is 0.414. The lowest BCUT2D eigenvalue weighted by Gasteiger charge is -2.32. The fourth-order valence-electron chi connectivity index (χ4n) is 4.85. The van der Waals surface area contributed by atoms with Crippen LogP contribution in [0.25, 0.3) is 10.9 Å². The third-order valence-electron chi connectivity index (χ3n) is 6.97. The van der Waals surface area contributed by atoms with E-state index in [1.165, 1.54) is 32.5 Å². The van der Waals surface area contributed by atoms with Gasteiger partial charge in [-0.2, -0.15) is 13.2 Å². The van der Waals surface area contributed by atoms with Gasteiger partial charge >= 0.3 is 12.1 Å². The van der Waals surface area contributed by atoms with Crippen LogP contribution in [0.4, 0.5) is 24.5 Å². The number of carbonyl (C=O) groups excluding carboxylic acids is 1. The number of alkyl halides is 3. The molecule has 42 heavy (non-hydrogen) atoms. The summed E-state index contributed by atoms with van der Waals surface area (Å²) in [5.41, 5.74) is 2.19. The maximum absolute atomic E-state index is 13.3. The number of fused-ring (bicyclic) bond motifs is 1. The summed E-state index contributed by atoms with van der Waals surface area (Å²) in [5.74, 6) is 6.07. The Bertz CT molecular complexity index is 1600. The molecule has 0 spiro atoms. The molecule has 0 bridgehead atoms. The number of aromatic nitrogens is 1. The van der Waals surface area contributed by atoms with Crippen molar-refractivity contribution in [3.05, 3.63) is 48.2 Å². The number of esters is 1. The first-order chi connectivity index (χ1) is 19.9. The third kappa shape index (κ3) is 8.10. The number of sulfone groups is 1. The van der Waals surface area contributed by atoms with Gasteiger partial charge in [-0.05, 0) is 43.2 Å². The number of carbonyl (C=O) groups is 1. The number of rotatable bonds is 9. The molecule has 1 fully saturated rings. The van der Waals surface area contributed by atoms with E-state index < -0.39 is 22.6 Å². The Morgan fingerprint density at radius 3 is 2.48 bits per heavy atom. The summed E-state index contributed by atoms with van der Waals surface area (Å²) < 4.78 is 74.7. The van der Waals surface area contributed by atoms with Crippen LogP contribution in [0, 0.1) is 11.8 Å². The molecular weight excluding hydrogens is 573 g/mol. The van der Waals surface area contributed by atoms with Gasteiger partial charge in [-0.25, -0.2) is 8.42 Å². The van der Waals surface area contributed by atoms with Crippen molar-refractivity contribution in [2.45, 2.75) is 36.5 Å². The molecule has 9 nitrogen and oxygen atoms in total. The largest absolute Gasteiger partial charge is 0.495 e. The number of nitrogens with zero attached hydrogens (tertiary/aromatic N) is 2. The van der Waals surface area contributed by atoms with E-state index >= 15 is 0 Å². The minimum absolute atomic E-state index is 0.0697. The van der Waals surface area contributed by atoms with Gasteiger partial charge in [0.05, 0.1) is 43.4 Å². The zero-order chi connectivity index (χ0) is 30.5. The zero-order valence-electron chi connectivity index (χ0n) is 23.5. The number of hydrogen-bond acceptors (Lipinski definition) is 8. The summed E-state index contributed by atoms with van der Waals surface area (Å²) in [4.78, 5) is 13.7. The van der Waals surface area contributed by atoms with Gasteiger partial charge in [0.25, 0.3) is 0 Å². The van der Waals surface area contributed by atoms with E-state index in [1.807, 2.05) is 11.0 Å². The molecule has 2 N–H and O–H groups in total. The number of likely N-dealkylation sites (tertiary alicyclic amines) is 1. The Labute approximate surface area is 242 Å². The number of halogens is 3. The van der Waals surface area contributed by atoms with Crippen molar-refractivity contribution < 1.29 is 35.9 Å². The van der Waals surface area contributed by atoms with E-state index in [2.05, 4.69) is 22.5 Å². The van der Waals surface area contributed by atoms with E-state index in [4.69, 9.17) is 9.47 Å². The monoisotopic (exact) mass is 606 g/mol. The molecule has 2 heterocycles. The quantitative estimate of drug-likeness (QED) is 0.277. The maximum atomic E-state index is 13.3. The molecule has 13 heteroatoms. The van der Waals surface area contributed by atoms with Crippen molar-refractivity contribution >= 4 is 38.1 Å². The first-order valence-electron chi connectivity index (χ1n) is 13.2. The van der Waals surface area contributed by atoms with Gasteiger partial charge in [0.15, 0.2) is 9.84 Å². The number of hydrogen-bond donors (Lipinski definition) is 2. The van der Waals surface area contributed by atoms with Crippen molar-refractivity contribution in [1.29, 1.82) is 0 Å². The number of methoxy groups -OCH3 is 2. The van der Waals surface area contributed by atoms with E-state index in [-0.39, 0.29) is 30.0 Å². The van der Waals surface area contributed by atoms with Gasteiger partial charge in [0, 0.05) is 54.3 Å². The van der Waals surface area contributed by atoms with Crippen molar-refractivity contribution in [2.24, 2.45) is 0 Å². The molecule has 2 aromatic carbocycles. The summed E-state index contributed by atoms with van der Waals surface area (Å²) >= 11 is 0. The smallest absolute Gasteiger partial charge is 0.406 e. The van der Waals surface area contributed by atoms with Gasteiger partial charge in [-0.3, -0.25) is 9.69 Å². The lowest BCUT2D eigenvalue weighted by atomic mass is 10.0. The van der Waals surface area contributed by atoms with Crippen LogP contribution < -0.4 is 15.4 Å². The predicted molar refractivity (Wildman–Crippen MR) is 155 cm³/mol. The average Bonchev–Trinajstić information content (AvgIpc) is 3.32. The predicted octanol–water partition coefficient (Wildman–Crippen LogP) is 4.13. The summed E-state index contributed by atoms with van der Waals surface area (Å²) in [5, 5.41) is 7.24. The highest BCUT2D eigenvalue weighted by Gasteiger charge is 2.29. The molecule has 0 atom stereocenters. The number of piperidine rings is 1. The topological polar surface area (TPSA) is 102 Å². The van der Waals surface area contributed by atoms with Gasteiger partial charge in [-0.15, -0.1) is 0 Å². The highest BCUT2D eigenvalue weighted by Crippen LogP contribution is 2.31. The molecule has 4 rings (SSSR count). The second-order valence-corrected chi connectivity index (χ2v) is 12.1. The number of benzene rings is 2. The summed E-state index contributed by atoms with van der Waals surface area (Å²) in [6.45, 7) is 0.650. The van der Waals surface area contributed by atoms with Crippen molar-refractivity contribution in [1.82, 2.24) is 9.47 Å². The molecule has 3 aromatic rings. The Morgan fingerprint density at radius 2 is 1.83 bits per heavy atom. The Hall–Kier alpha value is -3.89. The molecule has 0 radical (unpaired) electrons. The van der Waals surface area contributed by atoms with Crippen molar-refractivity contribution in [2.75, 3.05) is 57.3 Å². The Morgan fingerprint density at radius 1 is 1.10 bits per heavy atom. The van der Waals surface area contributed by atoms with E-state index in [1.54, 1.807) is 18.2 Å². The second kappa shape index (κ2) is 13.0. The van der Waals surface area contributed by atoms with Crippen molar-refractivity contribution in [3.8, 4) is 17.6 Å². The minimum atomic E-state index is -4.39. The number of anilines is 2. The van der Waals surface area contributed by atoms with Crippen LogP contribution in [0.3, 0.4) is 0 Å². The first-order valence-corrected chi connectivity index (χ1v) is 15.1. The van der Waals surface area contributed by atoms with Gasteiger partial charge in [0.2, 0.25) is 0 Å². The third-order valence-corrected chi connectivity index (χ3v) is 8.08. The molecule has 0 aliphatic carbocycles. The lowest BCUT2D eigenvalue weighted by molar-refractivity contribution is -0.142. The molecular formula is C29H33F3N4O5S. The Balaban J connectivity index is 1.54. The van der Waals surface area contributed by atoms with Crippen LogP contribution in [0.15, 0.2) is 47.5 Å². The van der Waals surface area contributed by atoms with Crippen LogP contribution in [0.5, 0.6) is 5.75 Å². The van der Waals surface area contributed by atoms with Crippen LogP contribution in [-0.2, 0) is 25.9 Å². The Kier molecular flexibility index (Phi) is 9.58. The van der Waals surface area contributed by atoms with Gasteiger partial charge in [0.1, 0.15) is 12.3 Å². The molecule has 0 unspecified atom stereocenters. The molecule has 1 aliphatic rings. The van der Waals surface area contributed by atoms with E-state index in [0.717, 1.165) is 23.7 Å². The molecule has 1 saturated heterocycles. The fourth-order valence-corrected chi connectivity index (χ4v) is 5.49. The maximum Gasteiger partial charge on any atom is 0.406 e. The highest BCUT2D eigenvalue weighted by atomic mass is 32.2. The van der Waals surface area contributed by atoms with Crippen LogP contribution in [0.2, 0.25) is 0 Å². The zero-order valence-corrected chi connectivity index (χ0v) is 24.4. The van der Waals surface area contributed by atoms with Crippen LogP contribution in [0.1, 0.15) is 18.4 Å². The average molecular weight is 607 g/mol. The van der Waals surface area contributed by atoms with Crippen LogP contribution in [-0.4, -0.2) is 82.7 Å². The van der Waals surface area contributed by atoms with Gasteiger partial charge < -0.3 is 24.7 Å². The second-order valence-electron chi connectivity index (χ2n) is 10.1. The molecule has 1 aromatic heterocycles.